The second-order valence-corrected chi connectivity index (χ2v) is 6.16. The van der Waals surface area contributed by atoms with E-state index in [1.54, 1.807) is 6.20 Å². The number of thioether (sulfide) groups is 1. The first kappa shape index (κ1) is 10.1. The Hall–Kier alpha value is -0.810. The summed E-state index contributed by atoms with van der Waals surface area (Å²) in [5.74, 6) is 1.96. The molecule has 0 spiro atoms. The van der Waals surface area contributed by atoms with Crippen molar-refractivity contribution < 1.29 is 0 Å². The van der Waals surface area contributed by atoms with Crippen LogP contribution in [-0.2, 0) is 5.41 Å². The lowest BCUT2D eigenvalue weighted by molar-refractivity contribution is -0.0358. The van der Waals surface area contributed by atoms with E-state index in [9.17, 15) is 0 Å². The molecule has 0 aromatic carbocycles. The van der Waals surface area contributed by atoms with Crippen LogP contribution in [-0.4, -0.2) is 25.8 Å². The van der Waals surface area contributed by atoms with E-state index in [1.807, 2.05) is 10.8 Å². The zero-order chi connectivity index (χ0) is 11.6. The van der Waals surface area contributed by atoms with Crippen LogP contribution in [0.4, 0.5) is 0 Å². The summed E-state index contributed by atoms with van der Waals surface area (Å²) in [6.07, 6.45) is 7.49. The van der Waals surface area contributed by atoms with Crippen LogP contribution in [0.1, 0.15) is 25.1 Å². The monoisotopic (exact) mass is 266 g/mol. The summed E-state index contributed by atoms with van der Waals surface area (Å²) in [6.45, 7) is 0. The molecular weight excluding hydrogens is 256 g/mol. The van der Waals surface area contributed by atoms with Crippen molar-refractivity contribution >= 4 is 28.9 Å². The Labute approximate surface area is 108 Å². The number of halogens is 1. The number of nitrogens with zero attached hydrogens (tertiary/aromatic N) is 4. The van der Waals surface area contributed by atoms with Crippen LogP contribution in [0.2, 0.25) is 5.15 Å². The first-order chi connectivity index (χ1) is 8.22. The molecule has 17 heavy (non-hydrogen) atoms. The first-order valence-corrected chi connectivity index (χ1v) is 7.28. The Morgan fingerprint density at radius 2 is 2.24 bits per heavy atom. The van der Waals surface area contributed by atoms with Crippen molar-refractivity contribution in [3.8, 4) is 0 Å². The Bertz CT molecular complexity index is 606. The fourth-order valence-corrected chi connectivity index (χ4v) is 3.56. The quantitative estimate of drug-likeness (QED) is 0.784. The summed E-state index contributed by atoms with van der Waals surface area (Å²) in [4.78, 5) is 8.76. The maximum absolute atomic E-state index is 6.16. The Balaban J connectivity index is 1.96. The highest BCUT2D eigenvalue weighted by Crippen LogP contribution is 2.64. The molecule has 0 atom stereocenters. The van der Waals surface area contributed by atoms with Crippen LogP contribution < -0.4 is 0 Å². The van der Waals surface area contributed by atoms with Gasteiger partial charge in [0.05, 0.1) is 6.20 Å². The smallest absolute Gasteiger partial charge is 0.207 e. The molecule has 3 aliphatic carbocycles. The molecule has 0 unspecified atom stereocenters. The molecule has 88 valence electrons. The van der Waals surface area contributed by atoms with Gasteiger partial charge in [0.25, 0.3) is 0 Å². The SMILES string of the molecule is CSc1ncc2c(Cl)nc(C34CC(C3)C4)n2n1. The van der Waals surface area contributed by atoms with E-state index in [4.69, 9.17) is 11.6 Å². The minimum absolute atomic E-state index is 0.269. The third-order valence-corrected chi connectivity index (χ3v) is 4.85. The summed E-state index contributed by atoms with van der Waals surface area (Å²) in [5, 5.41) is 5.80. The predicted molar refractivity (Wildman–Crippen MR) is 66.6 cm³/mol. The Kier molecular flexibility index (Phi) is 1.88. The largest absolute Gasteiger partial charge is 0.227 e. The lowest BCUT2D eigenvalue weighted by atomic mass is 9.44. The van der Waals surface area contributed by atoms with Crippen LogP contribution in [0.3, 0.4) is 0 Å². The fraction of sp³-hybridized carbons (Fsp3) is 0.545. The van der Waals surface area contributed by atoms with E-state index < -0.39 is 0 Å². The van der Waals surface area contributed by atoms with Crippen molar-refractivity contribution in [3.05, 3.63) is 17.2 Å². The van der Waals surface area contributed by atoms with Gasteiger partial charge in [0, 0.05) is 5.41 Å². The lowest BCUT2D eigenvalue weighted by Crippen LogP contribution is -2.56. The molecule has 2 aromatic rings. The molecule has 2 bridgehead atoms. The summed E-state index contributed by atoms with van der Waals surface area (Å²) in [5.41, 5.74) is 1.09. The van der Waals surface area contributed by atoms with E-state index in [0.717, 1.165) is 22.4 Å². The minimum Gasteiger partial charge on any atom is -0.227 e. The maximum atomic E-state index is 6.16. The van der Waals surface area contributed by atoms with Gasteiger partial charge < -0.3 is 0 Å². The third kappa shape index (κ3) is 1.19. The zero-order valence-electron chi connectivity index (χ0n) is 9.35. The van der Waals surface area contributed by atoms with Crippen molar-refractivity contribution in [2.45, 2.75) is 29.8 Å². The normalized spacial score (nSPS) is 30.1. The van der Waals surface area contributed by atoms with Crippen LogP contribution >= 0.6 is 23.4 Å². The molecule has 6 heteroatoms. The standard InChI is InChI=1S/C11H11ClN4S/c1-17-10-13-5-7-8(12)14-9(16(7)15-10)11-2-6(3-11)4-11/h5-6H,2-4H2,1H3. The lowest BCUT2D eigenvalue weighted by Gasteiger charge is -2.60. The predicted octanol–water partition coefficient (Wildman–Crippen LogP) is 2.55. The van der Waals surface area contributed by atoms with Crippen molar-refractivity contribution in [2.24, 2.45) is 5.92 Å². The van der Waals surface area contributed by atoms with Crippen molar-refractivity contribution in [1.29, 1.82) is 0 Å². The van der Waals surface area contributed by atoms with Gasteiger partial charge in [-0.25, -0.2) is 14.5 Å². The average molecular weight is 267 g/mol. The number of imidazole rings is 1. The minimum atomic E-state index is 0.269. The summed E-state index contributed by atoms with van der Waals surface area (Å²) < 4.78 is 1.90. The number of hydrogen-bond donors (Lipinski definition) is 0. The molecule has 0 aliphatic heterocycles. The van der Waals surface area contributed by atoms with E-state index in [1.165, 1.54) is 31.0 Å². The second kappa shape index (κ2) is 3.14. The molecule has 0 amide bonds. The van der Waals surface area contributed by atoms with Crippen LogP contribution in [0.25, 0.3) is 5.52 Å². The highest BCUT2D eigenvalue weighted by atomic mass is 35.5. The molecule has 0 radical (unpaired) electrons. The molecule has 2 heterocycles. The fourth-order valence-electron chi connectivity index (χ4n) is 3.03. The van der Waals surface area contributed by atoms with Gasteiger partial charge in [0.15, 0.2) is 5.15 Å². The van der Waals surface area contributed by atoms with E-state index >= 15 is 0 Å². The number of rotatable bonds is 2. The van der Waals surface area contributed by atoms with Gasteiger partial charge in [0.2, 0.25) is 5.16 Å². The van der Waals surface area contributed by atoms with Crippen LogP contribution in [0, 0.1) is 5.92 Å². The van der Waals surface area contributed by atoms with Gasteiger partial charge >= 0.3 is 0 Å². The first-order valence-electron chi connectivity index (χ1n) is 5.68. The zero-order valence-corrected chi connectivity index (χ0v) is 10.9. The second-order valence-electron chi connectivity index (χ2n) is 5.03. The average Bonchev–Trinajstić information content (AvgIpc) is 2.52. The van der Waals surface area contributed by atoms with Crippen LogP contribution in [0.15, 0.2) is 11.4 Å². The number of fused-ring (bicyclic) bond motifs is 1. The molecule has 2 aromatic heterocycles. The summed E-state index contributed by atoms with van der Waals surface area (Å²) >= 11 is 7.70. The van der Waals surface area contributed by atoms with Gasteiger partial charge in [-0.1, -0.05) is 23.4 Å². The van der Waals surface area contributed by atoms with E-state index in [-0.39, 0.29) is 5.41 Å². The highest BCUT2D eigenvalue weighted by molar-refractivity contribution is 7.98. The summed E-state index contributed by atoms with van der Waals surface area (Å²) in [7, 11) is 0. The van der Waals surface area contributed by atoms with Gasteiger partial charge in [-0.15, -0.1) is 5.10 Å². The van der Waals surface area contributed by atoms with Gasteiger partial charge in [0.1, 0.15) is 11.3 Å². The maximum Gasteiger partial charge on any atom is 0.207 e. The third-order valence-electron chi connectivity index (χ3n) is 4.02. The topological polar surface area (TPSA) is 43.1 Å². The molecule has 3 aliphatic rings. The molecule has 0 saturated heterocycles. The van der Waals surface area contributed by atoms with Gasteiger partial charge in [-0.2, -0.15) is 0 Å². The molecule has 5 rings (SSSR count). The Morgan fingerprint density at radius 3 is 2.82 bits per heavy atom. The summed E-state index contributed by atoms with van der Waals surface area (Å²) in [6, 6.07) is 0. The molecule has 0 N–H and O–H groups in total. The molecule has 3 fully saturated rings. The van der Waals surface area contributed by atoms with E-state index in [2.05, 4.69) is 15.1 Å². The van der Waals surface area contributed by atoms with Crippen LogP contribution in [0.5, 0.6) is 0 Å². The number of aromatic nitrogens is 4. The van der Waals surface area contributed by atoms with Crippen molar-refractivity contribution in [2.75, 3.05) is 6.26 Å². The van der Waals surface area contributed by atoms with Gasteiger partial charge in [-0.3, -0.25) is 0 Å². The van der Waals surface area contributed by atoms with Gasteiger partial charge in [-0.05, 0) is 31.4 Å². The van der Waals surface area contributed by atoms with E-state index in [0.29, 0.717) is 5.15 Å². The Morgan fingerprint density at radius 1 is 1.47 bits per heavy atom. The molecule has 4 nitrogen and oxygen atoms in total. The molecule has 3 saturated carbocycles. The van der Waals surface area contributed by atoms with Crippen molar-refractivity contribution in [3.63, 3.8) is 0 Å². The highest BCUT2D eigenvalue weighted by Gasteiger charge is 2.60. The van der Waals surface area contributed by atoms with Crippen molar-refractivity contribution in [1.82, 2.24) is 19.6 Å². The number of hydrogen-bond acceptors (Lipinski definition) is 4. The molecular formula is C11H11ClN4S.